The Balaban J connectivity index is 1.32. The molecule has 0 saturated heterocycles. The van der Waals surface area contributed by atoms with Crippen LogP contribution >= 0.6 is 0 Å². The molecule has 0 N–H and O–H groups in total. The zero-order valence-electron chi connectivity index (χ0n) is 19.2. The number of rotatable bonds is 4. The van der Waals surface area contributed by atoms with E-state index in [4.69, 9.17) is 9.47 Å². The Bertz CT molecular complexity index is 973. The third-order valence-corrected chi connectivity index (χ3v) is 9.12. The summed E-state index contributed by atoms with van der Waals surface area (Å²) in [6.07, 6.45) is 3.81. The summed E-state index contributed by atoms with van der Waals surface area (Å²) < 4.78 is 11.3. The molecule has 0 spiro atoms. The quantitative estimate of drug-likeness (QED) is 0.396. The lowest BCUT2D eigenvalue weighted by molar-refractivity contribution is -0.155. The Hall–Kier alpha value is -2.50. The zero-order chi connectivity index (χ0) is 23.1. The molecule has 6 heteroatoms. The lowest BCUT2D eigenvalue weighted by atomic mass is 9.71. The van der Waals surface area contributed by atoms with E-state index in [1.54, 1.807) is 18.2 Å². The van der Waals surface area contributed by atoms with E-state index in [2.05, 4.69) is 0 Å². The Morgan fingerprint density at radius 1 is 0.781 bits per heavy atom. The van der Waals surface area contributed by atoms with E-state index in [1.165, 1.54) is 6.07 Å². The fraction of sp³-hybridized carbons (Fsp3) is 0.615. The predicted octanol–water partition coefficient (Wildman–Crippen LogP) is 4.29. The van der Waals surface area contributed by atoms with Crippen molar-refractivity contribution in [3.63, 3.8) is 0 Å². The van der Waals surface area contributed by atoms with Crippen LogP contribution in [0.15, 0.2) is 24.3 Å². The lowest BCUT2D eigenvalue weighted by Crippen LogP contribution is -2.44. The molecule has 0 heterocycles. The number of hydrogen-bond donors (Lipinski definition) is 0. The van der Waals surface area contributed by atoms with Gasteiger partial charge in [-0.1, -0.05) is 33.8 Å². The molecule has 5 rings (SSSR count). The van der Waals surface area contributed by atoms with Gasteiger partial charge >= 0.3 is 11.9 Å². The highest BCUT2D eigenvalue weighted by Crippen LogP contribution is 2.61. The minimum absolute atomic E-state index is 0.0360. The fourth-order valence-electron chi connectivity index (χ4n) is 6.91. The third-order valence-electron chi connectivity index (χ3n) is 9.12. The van der Waals surface area contributed by atoms with Crippen molar-refractivity contribution in [2.75, 3.05) is 0 Å². The second kappa shape index (κ2) is 6.52. The largest absolute Gasteiger partial charge is 0.426 e. The molecule has 0 aromatic heterocycles. The average Bonchev–Trinajstić information content (AvgIpc) is 3.46. The summed E-state index contributed by atoms with van der Waals surface area (Å²) in [7, 11) is 0. The zero-order valence-corrected chi connectivity index (χ0v) is 19.2. The van der Waals surface area contributed by atoms with Crippen LogP contribution in [0.3, 0.4) is 0 Å². The molecule has 0 aliphatic heterocycles. The van der Waals surface area contributed by atoms with Gasteiger partial charge < -0.3 is 9.47 Å². The van der Waals surface area contributed by atoms with Crippen molar-refractivity contribution in [3.05, 3.63) is 24.3 Å². The van der Waals surface area contributed by atoms with Crippen LogP contribution in [0, 0.1) is 33.5 Å². The number of fused-ring (bicyclic) bond motifs is 4. The number of ketones is 2. The molecule has 1 aromatic rings. The number of carbonyl (C=O) groups is 4. The first-order valence-corrected chi connectivity index (χ1v) is 11.6. The van der Waals surface area contributed by atoms with Crippen molar-refractivity contribution >= 4 is 23.5 Å². The lowest BCUT2D eigenvalue weighted by Gasteiger charge is -2.32. The van der Waals surface area contributed by atoms with E-state index in [0.29, 0.717) is 25.7 Å². The van der Waals surface area contributed by atoms with Crippen LogP contribution in [0.5, 0.6) is 11.5 Å². The topological polar surface area (TPSA) is 86.7 Å². The van der Waals surface area contributed by atoms with Gasteiger partial charge in [-0.3, -0.25) is 19.2 Å². The Kier molecular flexibility index (Phi) is 4.35. The van der Waals surface area contributed by atoms with Crippen molar-refractivity contribution < 1.29 is 28.7 Å². The first-order valence-electron chi connectivity index (χ1n) is 11.6. The molecule has 6 nitrogen and oxygen atoms in total. The standard InChI is InChI=1S/C26H30O6/c1-23(2)15-8-10-25(13-15,19(23)27)21(29)31-17-6-5-7-18(12-17)32-22(30)26-11-9-16(14-26)24(3,4)20(26)28/h5-7,12,15-16H,8-11,13-14H2,1-4H3. The minimum atomic E-state index is -1.07. The van der Waals surface area contributed by atoms with Gasteiger partial charge in [0, 0.05) is 16.9 Å². The molecule has 32 heavy (non-hydrogen) atoms. The number of esters is 2. The van der Waals surface area contributed by atoms with Crippen molar-refractivity contribution in [1.82, 2.24) is 0 Å². The molecule has 4 unspecified atom stereocenters. The van der Waals surface area contributed by atoms with Gasteiger partial charge in [0.25, 0.3) is 0 Å². The van der Waals surface area contributed by atoms with Crippen LogP contribution in [-0.2, 0) is 19.2 Å². The Morgan fingerprint density at radius 3 is 1.53 bits per heavy atom. The van der Waals surface area contributed by atoms with Crippen molar-refractivity contribution in [2.45, 2.75) is 66.2 Å². The molecule has 4 saturated carbocycles. The second-order valence-electron chi connectivity index (χ2n) is 11.4. The normalized spacial score (nSPS) is 35.9. The number of carbonyl (C=O) groups excluding carboxylic acids is 4. The molecule has 4 aliphatic rings. The molecule has 170 valence electrons. The van der Waals surface area contributed by atoms with Gasteiger partial charge in [0.15, 0.2) is 11.6 Å². The highest BCUT2D eigenvalue weighted by Gasteiger charge is 2.67. The average molecular weight is 439 g/mol. The maximum absolute atomic E-state index is 13.1. The number of hydrogen-bond acceptors (Lipinski definition) is 6. The predicted molar refractivity (Wildman–Crippen MR) is 115 cm³/mol. The molecule has 4 aliphatic carbocycles. The maximum atomic E-state index is 13.1. The molecular formula is C26H30O6. The number of ether oxygens (including phenoxy) is 2. The first-order chi connectivity index (χ1) is 14.9. The summed E-state index contributed by atoms with van der Waals surface area (Å²) in [5.74, 6) is -0.244. The van der Waals surface area contributed by atoms with Crippen LogP contribution in [0.2, 0.25) is 0 Å². The van der Waals surface area contributed by atoms with Gasteiger partial charge in [-0.2, -0.15) is 0 Å². The maximum Gasteiger partial charge on any atom is 0.325 e. The molecule has 4 atom stereocenters. The van der Waals surface area contributed by atoms with E-state index in [9.17, 15) is 19.2 Å². The molecule has 0 amide bonds. The van der Waals surface area contributed by atoms with E-state index in [-0.39, 0.29) is 34.9 Å². The van der Waals surface area contributed by atoms with E-state index < -0.39 is 33.6 Å². The van der Waals surface area contributed by atoms with Gasteiger partial charge in [-0.25, -0.2) is 0 Å². The summed E-state index contributed by atoms with van der Waals surface area (Å²) in [5.41, 5.74) is -3.15. The van der Waals surface area contributed by atoms with Gasteiger partial charge in [-0.15, -0.1) is 0 Å². The number of benzene rings is 1. The van der Waals surface area contributed by atoms with Gasteiger partial charge in [-0.05, 0) is 62.5 Å². The van der Waals surface area contributed by atoms with E-state index in [1.807, 2.05) is 27.7 Å². The molecule has 4 fully saturated rings. The molecule has 4 bridgehead atoms. The summed E-state index contributed by atoms with van der Waals surface area (Å²) in [4.78, 5) is 52.0. The highest BCUT2D eigenvalue weighted by molar-refractivity contribution is 6.10. The van der Waals surface area contributed by atoms with Crippen LogP contribution in [0.4, 0.5) is 0 Å². The van der Waals surface area contributed by atoms with Gasteiger partial charge in [0.1, 0.15) is 22.3 Å². The third kappa shape index (κ3) is 2.64. The monoisotopic (exact) mass is 438 g/mol. The first kappa shape index (κ1) is 21.4. The smallest absolute Gasteiger partial charge is 0.325 e. The Morgan fingerprint density at radius 2 is 1.19 bits per heavy atom. The van der Waals surface area contributed by atoms with Crippen molar-refractivity contribution in [3.8, 4) is 11.5 Å². The number of Topliss-reactive ketones (excluding diaryl/α,β-unsaturated/α-hetero) is 2. The Labute approximate surface area is 188 Å². The van der Waals surface area contributed by atoms with E-state index in [0.717, 1.165) is 12.8 Å². The minimum Gasteiger partial charge on any atom is -0.426 e. The summed E-state index contributed by atoms with van der Waals surface area (Å²) >= 11 is 0. The van der Waals surface area contributed by atoms with Crippen molar-refractivity contribution in [2.24, 2.45) is 33.5 Å². The second-order valence-corrected chi connectivity index (χ2v) is 11.4. The molecule has 1 aromatic carbocycles. The van der Waals surface area contributed by atoms with Crippen LogP contribution < -0.4 is 9.47 Å². The van der Waals surface area contributed by atoms with Gasteiger partial charge in [0.05, 0.1) is 0 Å². The van der Waals surface area contributed by atoms with Crippen LogP contribution in [-0.4, -0.2) is 23.5 Å². The summed E-state index contributed by atoms with van der Waals surface area (Å²) in [5, 5.41) is 0. The van der Waals surface area contributed by atoms with Crippen LogP contribution in [0.1, 0.15) is 66.2 Å². The van der Waals surface area contributed by atoms with Crippen molar-refractivity contribution in [1.29, 1.82) is 0 Å². The SMILES string of the molecule is CC1(C)C(=O)C2(C(=O)Oc3cccc(OC(=O)C45CCC(C4)C(C)(C)C5=O)c3)CCC1C2. The fourth-order valence-corrected chi connectivity index (χ4v) is 6.91. The molecule has 0 radical (unpaired) electrons. The highest BCUT2D eigenvalue weighted by atomic mass is 16.5. The summed E-state index contributed by atoms with van der Waals surface area (Å²) in [6, 6.07) is 6.33. The van der Waals surface area contributed by atoms with Crippen LogP contribution in [0.25, 0.3) is 0 Å². The molecular weight excluding hydrogens is 408 g/mol. The van der Waals surface area contributed by atoms with Gasteiger partial charge in [0.2, 0.25) is 0 Å². The van der Waals surface area contributed by atoms with E-state index >= 15 is 0 Å². The summed E-state index contributed by atoms with van der Waals surface area (Å²) in [6.45, 7) is 7.64.